The van der Waals surface area contributed by atoms with E-state index in [1.807, 2.05) is 13.8 Å². The van der Waals surface area contributed by atoms with Crippen LogP contribution >= 0.6 is 0 Å². The predicted octanol–water partition coefficient (Wildman–Crippen LogP) is 1.64. The summed E-state index contributed by atoms with van der Waals surface area (Å²) in [4.78, 5) is 23.5. The molecule has 5 nitrogen and oxygen atoms in total. The summed E-state index contributed by atoms with van der Waals surface area (Å²) in [6, 6.07) is 5.79. The molecule has 0 aliphatic carbocycles. The van der Waals surface area contributed by atoms with E-state index >= 15 is 0 Å². The van der Waals surface area contributed by atoms with Gasteiger partial charge in [0.05, 0.1) is 7.11 Å². The summed E-state index contributed by atoms with van der Waals surface area (Å²) in [5.74, 6) is -0.265. The van der Waals surface area contributed by atoms with Gasteiger partial charge in [0.2, 0.25) is 5.91 Å². The van der Waals surface area contributed by atoms with E-state index in [1.54, 1.807) is 24.3 Å². The van der Waals surface area contributed by atoms with Crippen LogP contribution in [0.3, 0.4) is 0 Å². The van der Waals surface area contributed by atoms with E-state index in [0.29, 0.717) is 12.8 Å². The second-order valence-electron chi connectivity index (χ2n) is 5.11. The van der Waals surface area contributed by atoms with Gasteiger partial charge in [-0.2, -0.15) is 0 Å². The number of carbonyl (C=O) groups excluding carboxylic acids is 2. The highest BCUT2D eigenvalue weighted by molar-refractivity contribution is 5.84. The fourth-order valence-electron chi connectivity index (χ4n) is 1.83. The van der Waals surface area contributed by atoms with Crippen molar-refractivity contribution in [2.75, 3.05) is 7.11 Å². The lowest BCUT2D eigenvalue weighted by atomic mass is 10.0. The zero-order valence-electron chi connectivity index (χ0n) is 12.1. The van der Waals surface area contributed by atoms with Crippen LogP contribution in [0.15, 0.2) is 24.3 Å². The number of methoxy groups -OCH3 is 1. The highest BCUT2D eigenvalue weighted by Crippen LogP contribution is 2.12. The zero-order valence-corrected chi connectivity index (χ0v) is 12.1. The Morgan fingerprint density at radius 3 is 2.35 bits per heavy atom. The van der Waals surface area contributed by atoms with E-state index < -0.39 is 12.0 Å². The van der Waals surface area contributed by atoms with Crippen LogP contribution in [0.2, 0.25) is 0 Å². The van der Waals surface area contributed by atoms with Gasteiger partial charge >= 0.3 is 5.97 Å². The second kappa shape index (κ2) is 7.53. The largest absolute Gasteiger partial charge is 0.508 e. The summed E-state index contributed by atoms with van der Waals surface area (Å²) in [5.41, 5.74) is 0.836. The van der Waals surface area contributed by atoms with Crippen LogP contribution in [0.5, 0.6) is 5.75 Å². The lowest BCUT2D eigenvalue weighted by Gasteiger charge is -2.17. The van der Waals surface area contributed by atoms with Gasteiger partial charge in [-0.1, -0.05) is 26.0 Å². The van der Waals surface area contributed by atoms with Crippen molar-refractivity contribution in [3.05, 3.63) is 29.8 Å². The van der Waals surface area contributed by atoms with Gasteiger partial charge < -0.3 is 15.2 Å². The number of amides is 1. The second-order valence-corrected chi connectivity index (χ2v) is 5.11. The molecule has 20 heavy (non-hydrogen) atoms. The van der Waals surface area contributed by atoms with Crippen molar-refractivity contribution in [1.82, 2.24) is 5.32 Å². The van der Waals surface area contributed by atoms with E-state index in [-0.39, 0.29) is 17.6 Å². The predicted molar refractivity (Wildman–Crippen MR) is 75.2 cm³/mol. The molecule has 1 unspecified atom stereocenters. The number of ether oxygens (including phenoxy) is 1. The molecule has 1 rings (SSSR count). The number of carbonyl (C=O) groups is 2. The van der Waals surface area contributed by atoms with Crippen molar-refractivity contribution in [2.24, 2.45) is 5.92 Å². The Morgan fingerprint density at radius 1 is 1.25 bits per heavy atom. The molecule has 0 aliphatic heterocycles. The van der Waals surface area contributed by atoms with Gasteiger partial charge in [0.15, 0.2) is 0 Å². The van der Waals surface area contributed by atoms with Crippen LogP contribution < -0.4 is 5.32 Å². The maximum Gasteiger partial charge on any atom is 0.328 e. The number of hydrogen-bond donors (Lipinski definition) is 2. The SMILES string of the molecule is COC(=O)C(Cc1ccc(O)cc1)NC(=O)CC(C)C. The smallest absolute Gasteiger partial charge is 0.328 e. The summed E-state index contributed by atoms with van der Waals surface area (Å²) < 4.78 is 4.71. The van der Waals surface area contributed by atoms with Gasteiger partial charge in [-0.05, 0) is 23.6 Å². The van der Waals surface area contributed by atoms with Crippen molar-refractivity contribution in [2.45, 2.75) is 32.7 Å². The molecular formula is C15H21NO4. The van der Waals surface area contributed by atoms with Crippen molar-refractivity contribution in [3.8, 4) is 5.75 Å². The van der Waals surface area contributed by atoms with Gasteiger partial charge in [-0.3, -0.25) is 4.79 Å². The molecular weight excluding hydrogens is 258 g/mol. The molecule has 0 fully saturated rings. The first kappa shape index (κ1) is 16.0. The van der Waals surface area contributed by atoms with E-state index in [0.717, 1.165) is 5.56 Å². The van der Waals surface area contributed by atoms with E-state index in [1.165, 1.54) is 7.11 Å². The molecule has 0 spiro atoms. The topological polar surface area (TPSA) is 75.6 Å². The van der Waals surface area contributed by atoms with Crippen LogP contribution in [0.4, 0.5) is 0 Å². The van der Waals surface area contributed by atoms with E-state index in [2.05, 4.69) is 5.32 Å². The minimum atomic E-state index is -0.712. The Kier molecular flexibility index (Phi) is 6.03. The first-order chi connectivity index (χ1) is 9.42. The molecule has 1 aromatic carbocycles. The number of phenolic OH excluding ortho intramolecular Hbond substituents is 1. The highest BCUT2D eigenvalue weighted by atomic mass is 16.5. The standard InChI is InChI=1S/C15H21NO4/c1-10(2)8-14(18)16-13(15(19)20-3)9-11-4-6-12(17)7-5-11/h4-7,10,13,17H,8-9H2,1-3H3,(H,16,18). The molecule has 110 valence electrons. The minimum Gasteiger partial charge on any atom is -0.508 e. The lowest BCUT2D eigenvalue weighted by molar-refractivity contribution is -0.145. The molecule has 1 atom stereocenters. The average molecular weight is 279 g/mol. The number of hydrogen-bond acceptors (Lipinski definition) is 4. The van der Waals surface area contributed by atoms with Crippen LogP contribution in [0, 0.1) is 5.92 Å². The van der Waals surface area contributed by atoms with Gasteiger partial charge in [0.25, 0.3) is 0 Å². The zero-order chi connectivity index (χ0) is 15.1. The Bertz CT molecular complexity index is 453. The normalized spacial score (nSPS) is 12.0. The Labute approximate surface area is 118 Å². The summed E-state index contributed by atoms with van der Waals surface area (Å²) in [6.45, 7) is 3.87. The lowest BCUT2D eigenvalue weighted by Crippen LogP contribution is -2.43. The fourth-order valence-corrected chi connectivity index (χ4v) is 1.83. The molecule has 2 N–H and O–H groups in total. The molecule has 0 saturated heterocycles. The van der Waals surface area contributed by atoms with Crippen molar-refractivity contribution < 1.29 is 19.4 Å². The molecule has 1 aromatic rings. The van der Waals surface area contributed by atoms with Crippen molar-refractivity contribution in [3.63, 3.8) is 0 Å². The number of nitrogens with one attached hydrogen (secondary N) is 1. The van der Waals surface area contributed by atoms with Crippen LogP contribution in [-0.4, -0.2) is 30.1 Å². The fraction of sp³-hybridized carbons (Fsp3) is 0.467. The van der Waals surface area contributed by atoms with Crippen LogP contribution in [0.25, 0.3) is 0 Å². The van der Waals surface area contributed by atoms with Crippen molar-refractivity contribution >= 4 is 11.9 Å². The van der Waals surface area contributed by atoms with Crippen LogP contribution in [-0.2, 0) is 20.7 Å². The molecule has 0 heterocycles. The first-order valence-corrected chi connectivity index (χ1v) is 6.57. The Balaban J connectivity index is 2.72. The minimum absolute atomic E-state index is 0.159. The Hall–Kier alpha value is -2.04. The molecule has 0 aliphatic rings. The maximum atomic E-state index is 11.8. The third-order valence-corrected chi connectivity index (χ3v) is 2.79. The quantitative estimate of drug-likeness (QED) is 0.776. The van der Waals surface area contributed by atoms with Crippen LogP contribution in [0.1, 0.15) is 25.8 Å². The maximum absolute atomic E-state index is 11.8. The van der Waals surface area contributed by atoms with Crippen molar-refractivity contribution in [1.29, 1.82) is 0 Å². The number of benzene rings is 1. The number of aromatic hydroxyl groups is 1. The Morgan fingerprint density at radius 2 is 1.85 bits per heavy atom. The first-order valence-electron chi connectivity index (χ1n) is 6.57. The van der Waals surface area contributed by atoms with Gasteiger partial charge in [0, 0.05) is 12.8 Å². The number of phenols is 1. The van der Waals surface area contributed by atoms with E-state index in [4.69, 9.17) is 4.74 Å². The third kappa shape index (κ3) is 5.30. The summed E-state index contributed by atoms with van der Waals surface area (Å²) in [7, 11) is 1.29. The summed E-state index contributed by atoms with van der Waals surface area (Å²) in [6.07, 6.45) is 0.694. The van der Waals surface area contributed by atoms with Gasteiger partial charge in [0.1, 0.15) is 11.8 Å². The number of esters is 1. The highest BCUT2D eigenvalue weighted by Gasteiger charge is 2.22. The number of rotatable bonds is 6. The molecule has 1 amide bonds. The van der Waals surface area contributed by atoms with Gasteiger partial charge in [-0.25, -0.2) is 4.79 Å². The van der Waals surface area contributed by atoms with Gasteiger partial charge in [-0.15, -0.1) is 0 Å². The summed E-state index contributed by atoms with van der Waals surface area (Å²) >= 11 is 0. The molecule has 0 saturated carbocycles. The molecule has 0 radical (unpaired) electrons. The van der Waals surface area contributed by atoms with E-state index in [9.17, 15) is 14.7 Å². The monoisotopic (exact) mass is 279 g/mol. The summed E-state index contributed by atoms with van der Waals surface area (Å²) in [5, 5.41) is 11.9. The average Bonchev–Trinajstić information content (AvgIpc) is 2.38. The molecule has 0 bridgehead atoms. The third-order valence-electron chi connectivity index (χ3n) is 2.79. The molecule has 0 aromatic heterocycles. The molecule has 5 heteroatoms.